The van der Waals surface area contributed by atoms with Gasteiger partial charge in [-0.15, -0.1) is 0 Å². The molecule has 1 unspecified atom stereocenters. The minimum atomic E-state index is -1.09. The van der Waals surface area contributed by atoms with Crippen molar-refractivity contribution in [2.75, 3.05) is 6.61 Å². The Morgan fingerprint density at radius 2 is 1.57 bits per heavy atom. The summed E-state index contributed by atoms with van der Waals surface area (Å²) in [7, 11) is 0. The normalized spacial score (nSPS) is 27.5. The molecule has 0 saturated carbocycles. The van der Waals surface area contributed by atoms with E-state index in [1.165, 1.54) is 0 Å². The lowest BCUT2D eigenvalue weighted by Gasteiger charge is -2.47. The van der Waals surface area contributed by atoms with Crippen LogP contribution < -0.4 is 4.74 Å². The number of aliphatic hydroxyl groups is 1. The van der Waals surface area contributed by atoms with Gasteiger partial charge in [0.2, 0.25) is 0 Å². The van der Waals surface area contributed by atoms with Crippen LogP contribution in [0.3, 0.4) is 0 Å². The van der Waals surface area contributed by atoms with Crippen molar-refractivity contribution in [2.24, 2.45) is 0 Å². The van der Waals surface area contributed by atoms with Crippen molar-refractivity contribution in [1.82, 2.24) is 0 Å². The summed E-state index contributed by atoms with van der Waals surface area (Å²) in [5.41, 5.74) is 2.86. The number of hydrogen-bond acceptors (Lipinski definition) is 6. The number of benzene rings is 4. The van der Waals surface area contributed by atoms with Gasteiger partial charge in [0.15, 0.2) is 18.7 Å². The molecule has 0 spiro atoms. The molecule has 190 valence electrons. The molecule has 0 bridgehead atoms. The maximum atomic E-state index is 11.5. The van der Waals surface area contributed by atoms with E-state index in [1.807, 2.05) is 97.9 Å². The lowest BCUT2D eigenvalue weighted by molar-refractivity contribution is -0.359. The van der Waals surface area contributed by atoms with Crippen molar-refractivity contribution >= 4 is 10.8 Å². The van der Waals surface area contributed by atoms with Crippen molar-refractivity contribution < 1.29 is 28.8 Å². The second-order valence-corrected chi connectivity index (χ2v) is 9.52. The average Bonchev–Trinajstić information content (AvgIpc) is 2.95. The van der Waals surface area contributed by atoms with Crippen LogP contribution in [0.4, 0.5) is 0 Å². The molecule has 6 atom stereocenters. The zero-order valence-electron chi connectivity index (χ0n) is 20.6. The minimum Gasteiger partial charge on any atom is -0.484 e. The highest BCUT2D eigenvalue weighted by atomic mass is 16.8. The monoisotopic (exact) mass is 498 g/mol. The zero-order valence-corrected chi connectivity index (χ0v) is 20.6. The molecule has 6 nitrogen and oxygen atoms in total. The summed E-state index contributed by atoms with van der Waals surface area (Å²) in [5.74, 6) is 0.718. The van der Waals surface area contributed by atoms with Gasteiger partial charge in [0.1, 0.15) is 24.1 Å². The van der Waals surface area contributed by atoms with E-state index in [0.29, 0.717) is 6.61 Å². The Hall–Kier alpha value is -3.26. The summed E-state index contributed by atoms with van der Waals surface area (Å²) in [4.78, 5) is 0. The molecule has 0 amide bonds. The maximum Gasteiger partial charge on any atom is 0.188 e. The van der Waals surface area contributed by atoms with Crippen molar-refractivity contribution in [1.29, 1.82) is 0 Å². The van der Waals surface area contributed by atoms with Crippen molar-refractivity contribution in [3.05, 3.63) is 114 Å². The van der Waals surface area contributed by atoms with E-state index in [1.54, 1.807) is 0 Å². The van der Waals surface area contributed by atoms with Crippen LogP contribution in [0.2, 0.25) is 0 Å². The van der Waals surface area contributed by atoms with Gasteiger partial charge < -0.3 is 28.8 Å². The Morgan fingerprint density at radius 1 is 0.838 bits per heavy atom. The Balaban J connectivity index is 1.31. The molecule has 6 heteroatoms. The lowest BCUT2D eigenvalue weighted by Crippen LogP contribution is -2.64. The van der Waals surface area contributed by atoms with Crippen LogP contribution in [-0.4, -0.2) is 42.4 Å². The molecule has 6 rings (SSSR count). The number of fused-ring (bicyclic) bond motifs is 2. The molecule has 4 aromatic rings. The van der Waals surface area contributed by atoms with Crippen LogP contribution in [0.15, 0.2) is 97.1 Å². The van der Waals surface area contributed by atoms with Gasteiger partial charge >= 0.3 is 0 Å². The number of aliphatic hydroxyl groups excluding tert-OH is 1. The summed E-state index contributed by atoms with van der Waals surface area (Å²) in [5, 5.41) is 13.6. The number of hydrogen-bond donors (Lipinski definition) is 1. The first kappa shape index (κ1) is 24.1. The standard InChI is InChI=1S/C31H30O6/c1-20-16-17-22-12-8-9-15-24(22)27(20)36-29-26(32)31(33-18-21-10-4-2-5-11-21)35-25-19-34-30(37-28(25)29)23-13-6-3-7-14-23/h2-17,25-26,28-32H,18-19H2,1H3/t25-,26+,28-,29-,30?,31-/m1/s1. The topological polar surface area (TPSA) is 66.4 Å². The van der Waals surface area contributed by atoms with Gasteiger partial charge in [-0.1, -0.05) is 97.1 Å². The molecule has 0 aromatic heterocycles. The van der Waals surface area contributed by atoms with Crippen LogP contribution in [0.5, 0.6) is 5.75 Å². The first-order valence-electron chi connectivity index (χ1n) is 12.6. The molecular weight excluding hydrogens is 468 g/mol. The first-order valence-corrected chi connectivity index (χ1v) is 12.6. The van der Waals surface area contributed by atoms with Gasteiger partial charge in [-0.05, 0) is 23.4 Å². The number of aryl methyl sites for hydroxylation is 1. The highest BCUT2D eigenvalue weighted by molar-refractivity contribution is 5.89. The summed E-state index contributed by atoms with van der Waals surface area (Å²) >= 11 is 0. The van der Waals surface area contributed by atoms with E-state index in [2.05, 4.69) is 6.07 Å². The largest absolute Gasteiger partial charge is 0.484 e. The smallest absolute Gasteiger partial charge is 0.188 e. The molecule has 2 aliphatic rings. The van der Waals surface area contributed by atoms with Gasteiger partial charge in [-0.25, -0.2) is 0 Å². The van der Waals surface area contributed by atoms with E-state index < -0.39 is 37.0 Å². The Bertz CT molecular complexity index is 1330. The summed E-state index contributed by atoms with van der Waals surface area (Å²) in [6, 6.07) is 31.7. The van der Waals surface area contributed by atoms with Gasteiger partial charge in [0, 0.05) is 10.9 Å². The highest BCUT2D eigenvalue weighted by Crippen LogP contribution is 2.38. The molecule has 2 fully saturated rings. The summed E-state index contributed by atoms with van der Waals surface area (Å²) in [6.07, 6.45) is -4.34. The van der Waals surface area contributed by atoms with Crippen LogP contribution >= 0.6 is 0 Å². The molecule has 4 aromatic carbocycles. The Kier molecular flexibility index (Phi) is 6.91. The lowest BCUT2D eigenvalue weighted by atomic mass is 9.96. The van der Waals surface area contributed by atoms with Gasteiger partial charge in [-0.3, -0.25) is 0 Å². The van der Waals surface area contributed by atoms with E-state index in [0.717, 1.165) is 33.2 Å². The summed E-state index contributed by atoms with van der Waals surface area (Å²) < 4.78 is 31.4. The quantitative estimate of drug-likeness (QED) is 0.389. The predicted molar refractivity (Wildman–Crippen MR) is 139 cm³/mol. The van der Waals surface area contributed by atoms with Crippen LogP contribution in [0.1, 0.15) is 23.0 Å². The minimum absolute atomic E-state index is 0.288. The fraction of sp³-hybridized carbons (Fsp3) is 0.290. The average molecular weight is 499 g/mol. The first-order chi connectivity index (χ1) is 18.2. The van der Waals surface area contributed by atoms with Crippen LogP contribution in [0, 0.1) is 6.92 Å². The van der Waals surface area contributed by atoms with Gasteiger partial charge in [0.25, 0.3) is 0 Å². The molecule has 0 aliphatic carbocycles. The third kappa shape index (κ3) is 4.99. The van der Waals surface area contributed by atoms with Crippen LogP contribution in [0.25, 0.3) is 10.8 Å². The van der Waals surface area contributed by atoms with Gasteiger partial charge in [-0.2, -0.15) is 0 Å². The van der Waals surface area contributed by atoms with E-state index in [4.69, 9.17) is 23.7 Å². The van der Waals surface area contributed by atoms with E-state index >= 15 is 0 Å². The Labute approximate surface area is 216 Å². The number of ether oxygens (including phenoxy) is 5. The van der Waals surface area contributed by atoms with Crippen LogP contribution in [-0.2, 0) is 25.6 Å². The highest BCUT2D eigenvalue weighted by Gasteiger charge is 2.51. The summed E-state index contributed by atoms with van der Waals surface area (Å²) in [6.45, 7) is 2.59. The second-order valence-electron chi connectivity index (χ2n) is 9.52. The third-order valence-electron chi connectivity index (χ3n) is 6.97. The zero-order chi connectivity index (χ0) is 25.2. The van der Waals surface area contributed by atoms with Crippen molar-refractivity contribution in [2.45, 2.75) is 50.5 Å². The molecular formula is C31H30O6. The fourth-order valence-corrected chi connectivity index (χ4v) is 5.01. The van der Waals surface area contributed by atoms with Crippen molar-refractivity contribution in [3.63, 3.8) is 0 Å². The second kappa shape index (κ2) is 10.6. The molecule has 0 radical (unpaired) electrons. The number of rotatable bonds is 6. The molecule has 2 heterocycles. The molecule has 1 N–H and O–H groups in total. The van der Waals surface area contributed by atoms with Gasteiger partial charge in [0.05, 0.1) is 13.2 Å². The van der Waals surface area contributed by atoms with E-state index in [9.17, 15) is 5.11 Å². The maximum absolute atomic E-state index is 11.5. The van der Waals surface area contributed by atoms with E-state index in [-0.39, 0.29) is 6.61 Å². The fourth-order valence-electron chi connectivity index (χ4n) is 5.01. The molecule has 2 aliphatic heterocycles. The Morgan fingerprint density at radius 3 is 2.38 bits per heavy atom. The predicted octanol–water partition coefficient (Wildman–Crippen LogP) is 5.31. The third-order valence-corrected chi connectivity index (χ3v) is 6.97. The molecule has 2 saturated heterocycles. The van der Waals surface area contributed by atoms with Crippen molar-refractivity contribution in [3.8, 4) is 5.75 Å². The molecule has 37 heavy (non-hydrogen) atoms. The SMILES string of the molecule is Cc1ccc2ccccc2c1O[C@@H]1[C@H](O)[C@H](OCc2ccccc2)O[C@@H]2COC(c3ccccc3)O[C@@H]12.